The van der Waals surface area contributed by atoms with Crippen LogP contribution in [-0.4, -0.2) is 25.0 Å². The summed E-state index contributed by atoms with van der Waals surface area (Å²) in [5.41, 5.74) is 1.43. The Balaban J connectivity index is 2.51. The minimum Gasteiger partial charge on any atom is -0.314 e. The van der Waals surface area contributed by atoms with Crippen LogP contribution in [0.5, 0.6) is 0 Å². The summed E-state index contributed by atoms with van der Waals surface area (Å²) in [6, 6.07) is 5.39. The van der Waals surface area contributed by atoms with Gasteiger partial charge in [0.1, 0.15) is 6.29 Å². The lowest BCUT2D eigenvalue weighted by atomic mass is 10.2. The van der Waals surface area contributed by atoms with Gasteiger partial charge in [-0.25, -0.2) is 0 Å². The van der Waals surface area contributed by atoms with Crippen molar-refractivity contribution in [3.05, 3.63) is 23.8 Å². The Hall–Kier alpha value is -1.29. The molecule has 0 unspecified atom stereocenters. The van der Waals surface area contributed by atoms with Crippen LogP contribution in [0.15, 0.2) is 23.1 Å². The van der Waals surface area contributed by atoms with Gasteiger partial charge in [-0.1, -0.05) is 6.07 Å². The Labute approximate surface area is 86.1 Å². The first-order valence-corrected chi connectivity index (χ1v) is 5.19. The van der Waals surface area contributed by atoms with Gasteiger partial charge >= 0.3 is 0 Å². The van der Waals surface area contributed by atoms with E-state index in [1.165, 1.54) is 11.8 Å². The zero-order valence-corrected chi connectivity index (χ0v) is 8.50. The number of hydrogen-bond donors (Lipinski definition) is 0. The quantitative estimate of drug-likeness (QED) is 0.656. The highest BCUT2D eigenvalue weighted by molar-refractivity contribution is 8.00. The van der Waals surface area contributed by atoms with Crippen LogP contribution in [0.4, 0.5) is 5.69 Å². The van der Waals surface area contributed by atoms with E-state index in [2.05, 4.69) is 0 Å². The molecule has 0 saturated carbocycles. The van der Waals surface area contributed by atoms with Gasteiger partial charge in [-0.3, -0.25) is 9.59 Å². The summed E-state index contributed by atoms with van der Waals surface area (Å²) in [7, 11) is 1.73. The van der Waals surface area contributed by atoms with Gasteiger partial charge in [0.2, 0.25) is 5.91 Å². The van der Waals surface area contributed by atoms with Crippen molar-refractivity contribution in [2.24, 2.45) is 0 Å². The molecule has 3 nitrogen and oxygen atoms in total. The highest BCUT2D eigenvalue weighted by Gasteiger charge is 2.21. The number of anilines is 1. The first-order chi connectivity index (χ1) is 6.72. The molecule has 0 aromatic heterocycles. The van der Waals surface area contributed by atoms with Gasteiger partial charge in [-0.2, -0.15) is 0 Å². The molecule has 0 spiro atoms. The van der Waals surface area contributed by atoms with Crippen LogP contribution < -0.4 is 4.90 Å². The molecular formula is C10H9NO2S. The Bertz CT molecular complexity index is 403. The van der Waals surface area contributed by atoms with Crippen molar-refractivity contribution >= 4 is 29.6 Å². The van der Waals surface area contributed by atoms with Gasteiger partial charge in [0, 0.05) is 17.5 Å². The minimum absolute atomic E-state index is 0.0746. The van der Waals surface area contributed by atoms with Crippen LogP contribution in [0.1, 0.15) is 10.4 Å². The number of benzene rings is 1. The second kappa shape index (κ2) is 3.46. The number of fused-ring (bicyclic) bond motifs is 1. The van der Waals surface area contributed by atoms with Gasteiger partial charge in [0.15, 0.2) is 0 Å². The third-order valence-electron chi connectivity index (χ3n) is 2.21. The molecule has 14 heavy (non-hydrogen) atoms. The molecule has 1 heterocycles. The fourth-order valence-electron chi connectivity index (χ4n) is 1.36. The number of hydrogen-bond acceptors (Lipinski definition) is 3. The maximum Gasteiger partial charge on any atom is 0.237 e. The largest absolute Gasteiger partial charge is 0.314 e. The van der Waals surface area contributed by atoms with Gasteiger partial charge in [0.25, 0.3) is 0 Å². The van der Waals surface area contributed by atoms with E-state index in [-0.39, 0.29) is 5.91 Å². The van der Waals surface area contributed by atoms with Crippen molar-refractivity contribution in [1.82, 2.24) is 0 Å². The predicted octanol–water partition coefficient (Wildman–Crippen LogP) is 1.57. The maximum atomic E-state index is 11.4. The molecule has 0 saturated heterocycles. The number of amides is 1. The van der Waals surface area contributed by atoms with Crippen molar-refractivity contribution in [3.63, 3.8) is 0 Å². The van der Waals surface area contributed by atoms with Crippen molar-refractivity contribution < 1.29 is 9.59 Å². The summed E-state index contributed by atoms with van der Waals surface area (Å²) in [4.78, 5) is 24.6. The molecule has 0 N–H and O–H groups in total. The van der Waals surface area contributed by atoms with E-state index >= 15 is 0 Å². The lowest BCUT2D eigenvalue weighted by Gasteiger charge is -2.25. The Morgan fingerprint density at radius 3 is 3.00 bits per heavy atom. The number of aldehydes is 1. The molecule has 2 rings (SSSR count). The molecule has 72 valence electrons. The first kappa shape index (κ1) is 9.27. The third-order valence-corrected chi connectivity index (χ3v) is 3.25. The molecule has 0 aliphatic carbocycles. The maximum absolute atomic E-state index is 11.4. The molecule has 1 aliphatic rings. The average molecular weight is 207 g/mol. The fraction of sp³-hybridized carbons (Fsp3) is 0.200. The van der Waals surface area contributed by atoms with Gasteiger partial charge < -0.3 is 4.90 Å². The van der Waals surface area contributed by atoms with Crippen molar-refractivity contribution in [1.29, 1.82) is 0 Å². The summed E-state index contributed by atoms with van der Waals surface area (Å²) < 4.78 is 0. The SMILES string of the molecule is CN1C(=O)CSc2ccc(C=O)cc21. The monoisotopic (exact) mass is 207 g/mol. The molecule has 0 radical (unpaired) electrons. The zero-order valence-electron chi connectivity index (χ0n) is 7.69. The summed E-state index contributed by atoms with van der Waals surface area (Å²) in [5.74, 6) is 0.551. The summed E-state index contributed by atoms with van der Waals surface area (Å²) in [5, 5.41) is 0. The molecule has 1 aromatic carbocycles. The molecular weight excluding hydrogens is 198 g/mol. The Morgan fingerprint density at radius 1 is 1.50 bits per heavy atom. The highest BCUT2D eigenvalue weighted by Crippen LogP contribution is 2.34. The van der Waals surface area contributed by atoms with Gasteiger partial charge in [0.05, 0.1) is 11.4 Å². The van der Waals surface area contributed by atoms with E-state index < -0.39 is 0 Å². The second-order valence-electron chi connectivity index (χ2n) is 3.09. The van der Waals surface area contributed by atoms with Crippen LogP contribution >= 0.6 is 11.8 Å². The lowest BCUT2D eigenvalue weighted by molar-refractivity contribution is -0.116. The predicted molar refractivity (Wildman–Crippen MR) is 56.0 cm³/mol. The minimum atomic E-state index is 0.0746. The first-order valence-electron chi connectivity index (χ1n) is 4.21. The smallest absolute Gasteiger partial charge is 0.237 e. The molecule has 1 amide bonds. The standard InChI is InChI=1S/C10H9NO2S/c1-11-8-4-7(5-12)2-3-9(8)14-6-10(11)13/h2-5H,6H2,1H3. The highest BCUT2D eigenvalue weighted by atomic mass is 32.2. The van der Waals surface area contributed by atoms with Crippen LogP contribution in [-0.2, 0) is 4.79 Å². The summed E-state index contributed by atoms with van der Waals surface area (Å²) in [6.07, 6.45) is 0.790. The molecule has 4 heteroatoms. The molecule has 1 aliphatic heterocycles. The van der Waals surface area contributed by atoms with Crippen LogP contribution in [0.25, 0.3) is 0 Å². The lowest BCUT2D eigenvalue weighted by Crippen LogP contribution is -2.31. The molecule has 0 atom stereocenters. The number of thioether (sulfide) groups is 1. The number of carbonyl (C=O) groups excluding carboxylic acids is 2. The van der Waals surface area contributed by atoms with Gasteiger partial charge in [-0.05, 0) is 12.1 Å². The van der Waals surface area contributed by atoms with Crippen LogP contribution in [0, 0.1) is 0 Å². The van der Waals surface area contributed by atoms with Crippen molar-refractivity contribution in [2.75, 3.05) is 17.7 Å². The van der Waals surface area contributed by atoms with Crippen molar-refractivity contribution in [3.8, 4) is 0 Å². The second-order valence-corrected chi connectivity index (χ2v) is 4.10. The Morgan fingerprint density at radius 2 is 2.29 bits per heavy atom. The van der Waals surface area contributed by atoms with E-state index in [0.717, 1.165) is 16.9 Å². The van der Waals surface area contributed by atoms with E-state index in [9.17, 15) is 9.59 Å². The van der Waals surface area contributed by atoms with Crippen LogP contribution in [0.2, 0.25) is 0 Å². The Kier molecular flexibility index (Phi) is 2.29. The number of rotatable bonds is 1. The normalized spacial score (nSPS) is 15.2. The number of nitrogens with zero attached hydrogens (tertiary/aromatic N) is 1. The van der Waals surface area contributed by atoms with Crippen LogP contribution in [0.3, 0.4) is 0 Å². The molecule has 0 fully saturated rings. The van der Waals surface area contributed by atoms with Gasteiger partial charge in [-0.15, -0.1) is 11.8 Å². The zero-order chi connectivity index (χ0) is 10.1. The topological polar surface area (TPSA) is 37.4 Å². The number of carbonyl (C=O) groups is 2. The van der Waals surface area contributed by atoms with E-state index in [4.69, 9.17) is 0 Å². The molecule has 1 aromatic rings. The van der Waals surface area contributed by atoms with E-state index in [1.807, 2.05) is 6.07 Å². The van der Waals surface area contributed by atoms with E-state index in [1.54, 1.807) is 24.1 Å². The third kappa shape index (κ3) is 1.42. The average Bonchev–Trinajstić information content (AvgIpc) is 2.23. The van der Waals surface area contributed by atoms with Crippen molar-refractivity contribution in [2.45, 2.75) is 4.90 Å². The summed E-state index contributed by atoms with van der Waals surface area (Å²) in [6.45, 7) is 0. The van der Waals surface area contributed by atoms with E-state index in [0.29, 0.717) is 11.3 Å². The fourth-order valence-corrected chi connectivity index (χ4v) is 2.34. The molecule has 0 bridgehead atoms. The summed E-state index contributed by atoms with van der Waals surface area (Å²) >= 11 is 1.51.